The first-order valence-corrected chi connectivity index (χ1v) is 9.53. The van der Waals surface area contributed by atoms with E-state index in [-0.39, 0.29) is 6.10 Å². The molecule has 0 aliphatic carbocycles. The zero-order valence-corrected chi connectivity index (χ0v) is 16.3. The molecule has 0 bridgehead atoms. The molecule has 0 amide bonds. The Morgan fingerprint density at radius 1 is 1.14 bits per heavy atom. The van der Waals surface area contributed by atoms with Crippen LogP contribution in [0.25, 0.3) is 11.1 Å². The van der Waals surface area contributed by atoms with Crippen molar-refractivity contribution in [2.75, 3.05) is 25.1 Å². The van der Waals surface area contributed by atoms with E-state index in [1.165, 1.54) is 0 Å². The number of aliphatic hydroxyl groups excluding tert-OH is 1. The molecule has 0 saturated carbocycles. The first kappa shape index (κ1) is 18.7. The number of hydrogen-bond donors (Lipinski definition) is 1. The Morgan fingerprint density at radius 2 is 1.93 bits per heavy atom. The van der Waals surface area contributed by atoms with E-state index in [0.29, 0.717) is 29.8 Å². The normalized spacial score (nSPS) is 16.4. The molecule has 1 fully saturated rings. The molecule has 1 atom stereocenters. The van der Waals surface area contributed by atoms with Crippen LogP contribution in [0.15, 0.2) is 48.9 Å². The molecule has 1 aliphatic rings. The van der Waals surface area contributed by atoms with Gasteiger partial charge in [0.05, 0.1) is 13.2 Å². The molecular weight excluding hydrogens is 376 g/mol. The van der Waals surface area contributed by atoms with E-state index < -0.39 is 0 Å². The first-order valence-electron chi connectivity index (χ1n) is 9.15. The molecule has 7 heteroatoms. The van der Waals surface area contributed by atoms with Gasteiger partial charge in [0.2, 0.25) is 11.8 Å². The van der Waals surface area contributed by atoms with Crippen molar-refractivity contribution in [1.29, 1.82) is 0 Å². The van der Waals surface area contributed by atoms with Crippen LogP contribution in [0.4, 0.5) is 5.95 Å². The second-order valence-electron chi connectivity index (χ2n) is 6.87. The van der Waals surface area contributed by atoms with Crippen molar-refractivity contribution in [1.82, 2.24) is 15.0 Å². The molecule has 3 aromatic rings. The van der Waals surface area contributed by atoms with Crippen LogP contribution >= 0.6 is 11.6 Å². The molecule has 0 spiro atoms. The molecule has 1 aliphatic heterocycles. The number of hydrogen-bond acceptors (Lipinski definition) is 6. The lowest BCUT2D eigenvalue weighted by Gasteiger charge is -2.15. The second kappa shape index (κ2) is 8.12. The fraction of sp³-hybridized carbons (Fsp3) is 0.286. The summed E-state index contributed by atoms with van der Waals surface area (Å²) in [4.78, 5) is 15.4. The van der Waals surface area contributed by atoms with Gasteiger partial charge in [-0.2, -0.15) is 0 Å². The van der Waals surface area contributed by atoms with Crippen molar-refractivity contribution in [3.8, 4) is 17.0 Å². The highest BCUT2D eigenvalue weighted by molar-refractivity contribution is 6.30. The van der Waals surface area contributed by atoms with Crippen LogP contribution in [0.2, 0.25) is 5.02 Å². The van der Waals surface area contributed by atoms with Crippen LogP contribution in [-0.4, -0.2) is 46.4 Å². The number of nitrogens with zero attached hydrogens (tertiary/aromatic N) is 4. The number of ether oxygens (including phenoxy) is 1. The maximum Gasteiger partial charge on any atom is 0.225 e. The van der Waals surface area contributed by atoms with Gasteiger partial charge < -0.3 is 14.7 Å². The highest BCUT2D eigenvalue weighted by Crippen LogP contribution is 2.31. The molecule has 1 saturated heterocycles. The molecule has 1 aromatic carbocycles. The standard InChI is InChI=1S/C21H21ClN4O2/c1-28-20-19(16-3-2-4-17(22)9-16)8-14(10-23-20)7-15-11-24-21(25-12-15)26-6-5-18(27)13-26/h2-4,8-12,18,27H,5-7,13H2,1H3. The van der Waals surface area contributed by atoms with Crippen LogP contribution in [0.3, 0.4) is 0 Å². The topological polar surface area (TPSA) is 71.4 Å². The van der Waals surface area contributed by atoms with Crippen molar-refractivity contribution in [2.24, 2.45) is 0 Å². The lowest BCUT2D eigenvalue weighted by Crippen LogP contribution is -2.23. The van der Waals surface area contributed by atoms with E-state index in [1.54, 1.807) is 13.3 Å². The molecular formula is C21H21ClN4O2. The maximum absolute atomic E-state index is 9.67. The lowest BCUT2D eigenvalue weighted by atomic mass is 10.0. The Hall–Kier alpha value is -2.70. The predicted octanol–water partition coefficient (Wildman–Crippen LogP) is 3.36. The van der Waals surface area contributed by atoms with Gasteiger partial charge in [-0.1, -0.05) is 23.7 Å². The summed E-state index contributed by atoms with van der Waals surface area (Å²) in [5.41, 5.74) is 3.88. The number of β-amino-alcohol motifs (C(OH)–C–C–N with tert-alkyl or cyclic N) is 1. The molecule has 1 unspecified atom stereocenters. The Balaban J connectivity index is 1.56. The molecule has 6 nitrogen and oxygen atoms in total. The van der Waals surface area contributed by atoms with Gasteiger partial charge in [-0.3, -0.25) is 0 Å². The summed E-state index contributed by atoms with van der Waals surface area (Å²) in [7, 11) is 1.61. The van der Waals surface area contributed by atoms with Crippen molar-refractivity contribution in [2.45, 2.75) is 18.9 Å². The Bertz CT molecular complexity index is 965. The van der Waals surface area contributed by atoms with Gasteiger partial charge in [0.25, 0.3) is 0 Å². The smallest absolute Gasteiger partial charge is 0.225 e. The number of benzene rings is 1. The third-order valence-electron chi connectivity index (χ3n) is 4.78. The van der Waals surface area contributed by atoms with Gasteiger partial charge in [0.1, 0.15) is 0 Å². The number of methoxy groups -OCH3 is 1. The summed E-state index contributed by atoms with van der Waals surface area (Å²) in [5.74, 6) is 1.22. The lowest BCUT2D eigenvalue weighted by molar-refractivity contribution is 0.198. The Morgan fingerprint density at radius 3 is 2.61 bits per heavy atom. The predicted molar refractivity (Wildman–Crippen MR) is 109 cm³/mol. The highest BCUT2D eigenvalue weighted by Gasteiger charge is 2.22. The van der Waals surface area contributed by atoms with Gasteiger partial charge in [0, 0.05) is 48.7 Å². The fourth-order valence-electron chi connectivity index (χ4n) is 3.38. The maximum atomic E-state index is 9.67. The van der Waals surface area contributed by atoms with Crippen molar-refractivity contribution < 1.29 is 9.84 Å². The zero-order chi connectivity index (χ0) is 19.5. The summed E-state index contributed by atoms with van der Waals surface area (Å²) < 4.78 is 5.42. The molecule has 2 aromatic heterocycles. The number of aromatic nitrogens is 3. The minimum Gasteiger partial charge on any atom is -0.481 e. The summed E-state index contributed by atoms with van der Waals surface area (Å²) in [5, 5.41) is 10.3. The number of halogens is 1. The van der Waals surface area contributed by atoms with Gasteiger partial charge in [-0.05, 0) is 41.3 Å². The first-order chi connectivity index (χ1) is 13.6. The molecule has 4 rings (SSSR count). The molecule has 0 radical (unpaired) electrons. The quantitative estimate of drug-likeness (QED) is 0.713. The molecule has 28 heavy (non-hydrogen) atoms. The van der Waals surface area contributed by atoms with Crippen LogP contribution < -0.4 is 9.64 Å². The minimum absolute atomic E-state index is 0.293. The molecule has 144 valence electrons. The SMILES string of the molecule is COc1ncc(Cc2cnc(N3CCC(O)C3)nc2)cc1-c1cccc(Cl)c1. The van der Waals surface area contributed by atoms with Gasteiger partial charge >= 0.3 is 0 Å². The van der Waals surface area contributed by atoms with E-state index in [9.17, 15) is 5.11 Å². The fourth-order valence-corrected chi connectivity index (χ4v) is 3.57. The van der Waals surface area contributed by atoms with E-state index in [4.69, 9.17) is 16.3 Å². The van der Waals surface area contributed by atoms with E-state index in [2.05, 4.69) is 21.0 Å². The zero-order valence-electron chi connectivity index (χ0n) is 15.5. The van der Waals surface area contributed by atoms with E-state index in [1.807, 2.05) is 41.6 Å². The third kappa shape index (κ3) is 4.08. The van der Waals surface area contributed by atoms with Crippen LogP contribution in [0, 0.1) is 0 Å². The van der Waals surface area contributed by atoms with Gasteiger partial charge in [-0.15, -0.1) is 0 Å². The summed E-state index contributed by atoms with van der Waals surface area (Å²) >= 11 is 6.14. The Kier molecular flexibility index (Phi) is 5.41. The van der Waals surface area contributed by atoms with Crippen LogP contribution in [0.5, 0.6) is 5.88 Å². The number of anilines is 1. The monoisotopic (exact) mass is 396 g/mol. The Labute approximate surface area is 168 Å². The van der Waals surface area contributed by atoms with Crippen molar-refractivity contribution >= 4 is 17.5 Å². The number of aliphatic hydroxyl groups is 1. The highest BCUT2D eigenvalue weighted by atomic mass is 35.5. The van der Waals surface area contributed by atoms with Crippen molar-refractivity contribution in [3.05, 3.63) is 65.1 Å². The van der Waals surface area contributed by atoms with E-state index in [0.717, 1.165) is 35.2 Å². The van der Waals surface area contributed by atoms with Crippen LogP contribution in [-0.2, 0) is 6.42 Å². The third-order valence-corrected chi connectivity index (χ3v) is 5.02. The average Bonchev–Trinajstić information content (AvgIpc) is 3.15. The van der Waals surface area contributed by atoms with Gasteiger partial charge in [-0.25, -0.2) is 15.0 Å². The number of pyridine rings is 1. The summed E-state index contributed by atoms with van der Waals surface area (Å²) in [6.45, 7) is 1.37. The average molecular weight is 397 g/mol. The molecule has 1 N–H and O–H groups in total. The van der Waals surface area contributed by atoms with E-state index >= 15 is 0 Å². The number of rotatable bonds is 5. The second-order valence-corrected chi connectivity index (χ2v) is 7.30. The summed E-state index contributed by atoms with van der Waals surface area (Å²) in [6, 6.07) is 9.69. The largest absolute Gasteiger partial charge is 0.481 e. The minimum atomic E-state index is -0.293. The van der Waals surface area contributed by atoms with Gasteiger partial charge in [0.15, 0.2) is 0 Å². The molecule has 3 heterocycles. The van der Waals surface area contributed by atoms with Crippen molar-refractivity contribution in [3.63, 3.8) is 0 Å². The summed E-state index contributed by atoms with van der Waals surface area (Å²) in [6.07, 6.45) is 6.59. The van der Waals surface area contributed by atoms with Crippen LogP contribution in [0.1, 0.15) is 17.5 Å².